The van der Waals surface area contributed by atoms with E-state index in [1.165, 1.54) is 108 Å². The van der Waals surface area contributed by atoms with Crippen LogP contribution >= 0.6 is 11.8 Å². The van der Waals surface area contributed by atoms with Crippen molar-refractivity contribution in [3.63, 3.8) is 0 Å². The Bertz CT molecular complexity index is 741. The third-order valence-corrected chi connectivity index (χ3v) is 9.06. The van der Waals surface area contributed by atoms with E-state index in [4.69, 9.17) is 37.9 Å². The van der Waals surface area contributed by atoms with Gasteiger partial charge in [0.25, 0.3) is 0 Å². The molecule has 12 nitrogen and oxygen atoms in total. The van der Waals surface area contributed by atoms with Gasteiger partial charge in [0, 0.05) is 5.75 Å². The van der Waals surface area contributed by atoms with E-state index in [1.54, 1.807) is 0 Å². The van der Waals surface area contributed by atoms with Gasteiger partial charge in [-0.1, -0.05) is 103 Å². The Morgan fingerprint density at radius 2 is 0.627 bits per heavy atom. The molecule has 0 fully saturated rings. The molecule has 0 bridgehead atoms. The van der Waals surface area contributed by atoms with Crippen LogP contribution < -0.4 is 29.6 Å². The number of hydrogen-bond donors (Lipinski definition) is 0. The maximum atomic E-state index is 10.2. The van der Waals surface area contributed by atoms with Crippen LogP contribution in [0.15, 0.2) is 0 Å². The molecule has 0 aliphatic rings. The number of thioether (sulfide) groups is 1. The van der Waals surface area contributed by atoms with E-state index in [-0.39, 0.29) is 49.4 Å². The summed E-state index contributed by atoms with van der Waals surface area (Å²) in [5, 5.41) is 0. The van der Waals surface area contributed by atoms with Gasteiger partial charge < -0.3 is 42.4 Å². The van der Waals surface area contributed by atoms with Crippen molar-refractivity contribution in [3.8, 4) is 0 Å². The summed E-state index contributed by atoms with van der Waals surface area (Å²) >= 11 is 2.00. The van der Waals surface area contributed by atoms with Crippen LogP contribution in [0.5, 0.6) is 0 Å². The van der Waals surface area contributed by atoms with Gasteiger partial charge in [-0.25, -0.2) is 8.42 Å². The van der Waals surface area contributed by atoms with E-state index >= 15 is 0 Å². The number of rotatable bonds is 45. The first kappa shape index (κ1) is 54.0. The van der Waals surface area contributed by atoms with E-state index < -0.39 is 10.4 Å². The van der Waals surface area contributed by atoms with Crippen LogP contribution in [0, 0.1) is 0 Å². The summed E-state index contributed by atoms with van der Waals surface area (Å²) in [5.74, 6) is 2.29. The minimum Gasteiger partial charge on any atom is -0.726 e. The fraction of sp³-hybridized carbons (Fsp3) is 1.00. The molecular weight excluding hydrogens is 712 g/mol. The molecule has 302 valence electrons. The van der Waals surface area contributed by atoms with Gasteiger partial charge in [-0.2, -0.15) is 11.8 Å². The van der Waals surface area contributed by atoms with Gasteiger partial charge >= 0.3 is 29.6 Å². The van der Waals surface area contributed by atoms with Gasteiger partial charge in [0.05, 0.1) is 112 Å². The summed E-state index contributed by atoms with van der Waals surface area (Å²) in [6.07, 6.45) is 22.6. The Labute approximate surface area is 338 Å². The maximum Gasteiger partial charge on any atom is 1.00 e. The minimum atomic E-state index is -4.67. The molecule has 0 spiro atoms. The van der Waals surface area contributed by atoms with Crippen molar-refractivity contribution in [2.75, 3.05) is 124 Å². The first-order valence-corrected chi connectivity index (χ1v) is 21.8. The van der Waals surface area contributed by atoms with E-state index in [0.717, 1.165) is 12.4 Å². The number of hydrogen-bond acceptors (Lipinski definition) is 13. The topological polar surface area (TPSA) is 140 Å². The summed E-state index contributed by atoms with van der Waals surface area (Å²) in [5.41, 5.74) is 0. The summed E-state index contributed by atoms with van der Waals surface area (Å²) in [7, 11) is -4.67. The molecular formula is C36H73NaO12S2. The standard InChI is InChI=1S/C36H74O12S2.Na/c1-2-3-4-5-6-7-8-9-10-11-12-13-14-15-16-17-35-49-36-34-47-31-30-45-27-26-43-23-22-41-19-18-40-20-21-42-24-25-44-28-29-46-32-33-48-50(37,38)39;/h2-36H2,1H3,(H,37,38,39);/q;+1/p-1. The Hall–Kier alpha value is 0.900. The quantitative estimate of drug-likeness (QED) is 0.0385. The van der Waals surface area contributed by atoms with Gasteiger partial charge in [-0.05, 0) is 12.2 Å². The van der Waals surface area contributed by atoms with Crippen LogP contribution in [0.4, 0.5) is 0 Å². The van der Waals surface area contributed by atoms with Crippen molar-refractivity contribution >= 4 is 22.2 Å². The zero-order valence-electron chi connectivity index (χ0n) is 32.5. The van der Waals surface area contributed by atoms with Crippen LogP contribution in [0.25, 0.3) is 0 Å². The molecule has 0 heterocycles. The second-order valence-electron chi connectivity index (χ2n) is 12.0. The van der Waals surface area contributed by atoms with E-state index in [2.05, 4.69) is 11.1 Å². The van der Waals surface area contributed by atoms with Crippen LogP contribution in [0.1, 0.15) is 110 Å². The van der Waals surface area contributed by atoms with Gasteiger partial charge in [0.15, 0.2) is 0 Å². The Balaban J connectivity index is 0. The van der Waals surface area contributed by atoms with E-state index in [1.807, 2.05) is 11.8 Å². The molecule has 0 N–H and O–H groups in total. The third kappa shape index (κ3) is 53.0. The van der Waals surface area contributed by atoms with E-state index in [0.29, 0.717) is 85.9 Å². The molecule has 0 rings (SSSR count). The van der Waals surface area contributed by atoms with E-state index in [9.17, 15) is 13.0 Å². The molecule has 0 atom stereocenters. The van der Waals surface area contributed by atoms with Crippen LogP contribution in [0.2, 0.25) is 0 Å². The third-order valence-electron chi connectivity index (χ3n) is 7.57. The predicted octanol–water partition coefficient (Wildman–Crippen LogP) is 3.59. The molecule has 15 heteroatoms. The Morgan fingerprint density at radius 3 is 0.922 bits per heavy atom. The minimum absolute atomic E-state index is 0. The SMILES string of the molecule is CCCCCCCCCCCCCCCCCCSCCOCCOCCOCCOCCOCCOCCOCCOCCOS(=O)(=O)[O-].[Na+]. The number of ether oxygens (including phenoxy) is 8. The summed E-state index contributed by atoms with van der Waals surface area (Å²) in [6, 6.07) is 0. The molecule has 0 aromatic rings. The van der Waals surface area contributed by atoms with Gasteiger partial charge in [-0.3, -0.25) is 4.18 Å². The van der Waals surface area contributed by atoms with Crippen LogP contribution in [-0.4, -0.2) is 137 Å². The molecule has 0 aromatic heterocycles. The number of unbranched alkanes of at least 4 members (excludes halogenated alkanes) is 15. The molecule has 0 aromatic carbocycles. The van der Waals surface area contributed by atoms with Gasteiger partial charge in [-0.15, -0.1) is 0 Å². The fourth-order valence-corrected chi connectivity index (χ4v) is 5.93. The average molecular weight is 785 g/mol. The zero-order valence-corrected chi connectivity index (χ0v) is 36.1. The normalized spacial score (nSPS) is 11.7. The second-order valence-corrected chi connectivity index (χ2v) is 14.3. The molecule has 0 saturated carbocycles. The van der Waals surface area contributed by atoms with Gasteiger partial charge in [0.2, 0.25) is 10.4 Å². The fourth-order valence-electron chi connectivity index (χ4n) is 4.81. The molecule has 0 unspecified atom stereocenters. The smallest absolute Gasteiger partial charge is 0.726 e. The Morgan fingerprint density at radius 1 is 0.373 bits per heavy atom. The Kier molecular flexibility index (Phi) is 49.8. The first-order chi connectivity index (χ1) is 24.6. The molecule has 0 aliphatic carbocycles. The summed E-state index contributed by atoms with van der Waals surface area (Å²) < 4.78 is 78.1. The summed E-state index contributed by atoms with van der Waals surface area (Å²) in [6.45, 7) is 9.37. The monoisotopic (exact) mass is 784 g/mol. The van der Waals surface area contributed by atoms with Crippen molar-refractivity contribution in [3.05, 3.63) is 0 Å². The molecule has 0 radical (unpaired) electrons. The van der Waals surface area contributed by atoms with Crippen LogP contribution in [-0.2, 0) is 52.5 Å². The van der Waals surface area contributed by atoms with Crippen molar-refractivity contribution in [2.45, 2.75) is 110 Å². The second kappa shape index (κ2) is 47.1. The predicted molar refractivity (Wildman–Crippen MR) is 199 cm³/mol. The zero-order chi connectivity index (χ0) is 36.3. The molecule has 0 amide bonds. The van der Waals surface area contributed by atoms with Crippen molar-refractivity contribution in [1.29, 1.82) is 0 Å². The first-order valence-electron chi connectivity index (χ1n) is 19.4. The van der Waals surface area contributed by atoms with Crippen molar-refractivity contribution < 1.29 is 84.6 Å². The van der Waals surface area contributed by atoms with Crippen molar-refractivity contribution in [2.24, 2.45) is 0 Å². The molecule has 0 saturated heterocycles. The average Bonchev–Trinajstić information content (AvgIpc) is 3.09. The maximum absolute atomic E-state index is 10.2. The largest absolute Gasteiger partial charge is 1.00 e. The van der Waals surface area contributed by atoms with Crippen LogP contribution in [0.3, 0.4) is 0 Å². The molecule has 0 aliphatic heterocycles. The summed E-state index contributed by atoms with van der Waals surface area (Å²) in [4.78, 5) is 0. The van der Waals surface area contributed by atoms with Crippen molar-refractivity contribution in [1.82, 2.24) is 0 Å². The molecule has 51 heavy (non-hydrogen) atoms. The van der Waals surface area contributed by atoms with Gasteiger partial charge in [0.1, 0.15) is 0 Å².